The minimum Gasteiger partial charge on any atom is -0.493 e. The number of pyridine rings is 1. The van der Waals surface area contributed by atoms with Crippen LogP contribution in [0.5, 0.6) is 11.5 Å². The Bertz CT molecular complexity index is 780. The van der Waals surface area contributed by atoms with E-state index < -0.39 is 5.91 Å². The number of hydrogen-bond donors (Lipinski definition) is 1. The smallest absolute Gasteiger partial charge is 0.266 e. The Labute approximate surface area is 140 Å². The molecule has 24 heavy (non-hydrogen) atoms. The normalized spacial score (nSPS) is 10.6. The lowest BCUT2D eigenvalue weighted by Gasteiger charge is -2.10. The third-order valence-corrected chi connectivity index (χ3v) is 3.10. The molecule has 0 atom stereocenters. The molecule has 1 N–H and O–H groups in total. The van der Waals surface area contributed by atoms with Gasteiger partial charge < -0.3 is 14.8 Å². The Morgan fingerprint density at radius 2 is 2.04 bits per heavy atom. The Kier molecular flexibility index (Phi) is 5.92. The third-order valence-electron chi connectivity index (χ3n) is 3.10. The lowest BCUT2D eigenvalue weighted by atomic mass is 10.1. The number of nitrogens with one attached hydrogen (secondary N) is 1. The van der Waals surface area contributed by atoms with Crippen molar-refractivity contribution in [2.75, 3.05) is 19.0 Å². The third kappa shape index (κ3) is 4.34. The van der Waals surface area contributed by atoms with E-state index in [0.29, 0.717) is 29.4 Å². The van der Waals surface area contributed by atoms with Crippen LogP contribution < -0.4 is 14.8 Å². The van der Waals surface area contributed by atoms with E-state index in [0.717, 1.165) is 0 Å². The van der Waals surface area contributed by atoms with Crippen molar-refractivity contribution in [1.29, 1.82) is 5.26 Å². The van der Waals surface area contributed by atoms with Gasteiger partial charge in [-0.2, -0.15) is 5.26 Å². The second-order valence-electron chi connectivity index (χ2n) is 4.70. The number of carbonyl (C=O) groups excluding carboxylic acids is 1. The zero-order valence-corrected chi connectivity index (χ0v) is 13.4. The highest BCUT2D eigenvalue weighted by molar-refractivity contribution is 6.09. The highest BCUT2D eigenvalue weighted by Gasteiger charge is 2.11. The summed E-state index contributed by atoms with van der Waals surface area (Å²) in [5.41, 5.74) is 1.22. The molecule has 0 radical (unpaired) electrons. The van der Waals surface area contributed by atoms with Crippen LogP contribution in [0.25, 0.3) is 6.08 Å². The molecule has 2 rings (SSSR count). The largest absolute Gasteiger partial charge is 0.493 e. The molecule has 1 heterocycles. The maximum Gasteiger partial charge on any atom is 0.266 e. The molecular formula is C18H17N3O3. The average Bonchev–Trinajstić information content (AvgIpc) is 2.61. The Morgan fingerprint density at radius 3 is 2.67 bits per heavy atom. The van der Waals surface area contributed by atoms with E-state index in [1.54, 1.807) is 49.8 Å². The van der Waals surface area contributed by atoms with Crippen molar-refractivity contribution in [2.45, 2.75) is 6.92 Å². The van der Waals surface area contributed by atoms with Crippen LogP contribution in [-0.4, -0.2) is 24.6 Å². The van der Waals surface area contributed by atoms with Crippen molar-refractivity contribution in [3.8, 4) is 17.6 Å². The number of hydrogen-bond acceptors (Lipinski definition) is 5. The first kappa shape index (κ1) is 17.0. The topological polar surface area (TPSA) is 84.2 Å². The van der Waals surface area contributed by atoms with E-state index in [-0.39, 0.29) is 5.57 Å². The number of benzene rings is 1. The molecule has 0 aliphatic heterocycles. The van der Waals surface area contributed by atoms with Crippen molar-refractivity contribution in [3.05, 3.63) is 53.9 Å². The number of aromatic nitrogens is 1. The predicted molar refractivity (Wildman–Crippen MR) is 90.6 cm³/mol. The standard InChI is InChI=1S/C18H17N3O3/c1-3-24-17-11-13(4-5-16(17)23-2)10-14(12-19)18(22)21-15-6-8-20-9-7-15/h4-11H,3H2,1-2H3,(H,20,21,22). The molecule has 0 saturated heterocycles. The van der Waals surface area contributed by atoms with Crippen LogP contribution in [0.3, 0.4) is 0 Å². The van der Waals surface area contributed by atoms with E-state index in [4.69, 9.17) is 9.47 Å². The lowest BCUT2D eigenvalue weighted by molar-refractivity contribution is -0.112. The molecule has 0 bridgehead atoms. The fourth-order valence-corrected chi connectivity index (χ4v) is 2.00. The zero-order valence-electron chi connectivity index (χ0n) is 13.4. The number of ether oxygens (including phenoxy) is 2. The number of nitriles is 1. The molecule has 1 aromatic carbocycles. The first-order chi connectivity index (χ1) is 11.7. The van der Waals surface area contributed by atoms with Gasteiger partial charge in [0.05, 0.1) is 13.7 Å². The van der Waals surface area contributed by atoms with Gasteiger partial charge in [0.25, 0.3) is 5.91 Å². The van der Waals surface area contributed by atoms with Crippen molar-refractivity contribution in [3.63, 3.8) is 0 Å². The Hall–Kier alpha value is -3.33. The number of rotatable bonds is 6. The van der Waals surface area contributed by atoms with Crippen molar-refractivity contribution >= 4 is 17.7 Å². The Morgan fingerprint density at radius 1 is 1.29 bits per heavy atom. The van der Waals surface area contributed by atoms with E-state index in [1.165, 1.54) is 6.08 Å². The number of amides is 1. The fourth-order valence-electron chi connectivity index (χ4n) is 2.00. The summed E-state index contributed by atoms with van der Waals surface area (Å²) in [6, 6.07) is 10.4. The number of methoxy groups -OCH3 is 1. The minimum atomic E-state index is -0.488. The van der Waals surface area contributed by atoms with E-state index in [2.05, 4.69) is 10.3 Å². The number of carbonyl (C=O) groups is 1. The second kappa shape index (κ2) is 8.34. The summed E-state index contributed by atoms with van der Waals surface area (Å²) in [6.07, 6.45) is 4.62. The van der Waals surface area contributed by atoms with Gasteiger partial charge in [0.1, 0.15) is 11.6 Å². The molecule has 1 aromatic heterocycles. The maximum absolute atomic E-state index is 12.2. The van der Waals surface area contributed by atoms with Crippen LogP contribution in [0.4, 0.5) is 5.69 Å². The first-order valence-corrected chi connectivity index (χ1v) is 7.32. The molecule has 0 saturated carbocycles. The van der Waals surface area contributed by atoms with Crippen molar-refractivity contribution < 1.29 is 14.3 Å². The van der Waals surface area contributed by atoms with Crippen LogP contribution >= 0.6 is 0 Å². The quantitative estimate of drug-likeness (QED) is 0.652. The van der Waals surface area contributed by atoms with E-state index in [9.17, 15) is 10.1 Å². The predicted octanol–water partition coefficient (Wildman–Crippen LogP) is 3.03. The average molecular weight is 323 g/mol. The molecule has 0 spiro atoms. The fraction of sp³-hybridized carbons (Fsp3) is 0.167. The van der Waals surface area contributed by atoms with Gasteiger partial charge in [-0.05, 0) is 42.8 Å². The SMILES string of the molecule is CCOc1cc(C=C(C#N)C(=O)Nc2ccncc2)ccc1OC. The monoisotopic (exact) mass is 323 g/mol. The summed E-state index contributed by atoms with van der Waals surface area (Å²) in [5, 5.41) is 11.9. The maximum atomic E-state index is 12.2. The molecule has 0 unspecified atom stereocenters. The molecule has 6 heteroatoms. The highest BCUT2D eigenvalue weighted by atomic mass is 16.5. The van der Waals surface area contributed by atoms with Crippen LogP contribution in [0, 0.1) is 11.3 Å². The second-order valence-corrected chi connectivity index (χ2v) is 4.70. The summed E-state index contributed by atoms with van der Waals surface area (Å²) < 4.78 is 10.7. The highest BCUT2D eigenvalue weighted by Crippen LogP contribution is 2.29. The van der Waals surface area contributed by atoms with E-state index >= 15 is 0 Å². The van der Waals surface area contributed by atoms with Crippen molar-refractivity contribution in [1.82, 2.24) is 4.98 Å². The Balaban J connectivity index is 2.25. The zero-order chi connectivity index (χ0) is 17.4. The van der Waals surface area contributed by atoms with Gasteiger partial charge in [-0.3, -0.25) is 9.78 Å². The summed E-state index contributed by atoms with van der Waals surface area (Å²) in [7, 11) is 1.55. The summed E-state index contributed by atoms with van der Waals surface area (Å²) in [5.74, 6) is 0.659. The first-order valence-electron chi connectivity index (χ1n) is 7.32. The summed E-state index contributed by atoms with van der Waals surface area (Å²) in [4.78, 5) is 16.1. The van der Waals surface area contributed by atoms with Gasteiger partial charge in [-0.25, -0.2) is 0 Å². The molecule has 0 fully saturated rings. The van der Waals surface area contributed by atoms with Gasteiger partial charge in [0, 0.05) is 18.1 Å². The lowest BCUT2D eigenvalue weighted by Crippen LogP contribution is -2.13. The molecule has 6 nitrogen and oxygen atoms in total. The molecule has 0 aliphatic rings. The van der Waals surface area contributed by atoms with Gasteiger partial charge in [-0.15, -0.1) is 0 Å². The van der Waals surface area contributed by atoms with Crippen LogP contribution in [0.15, 0.2) is 48.3 Å². The number of anilines is 1. The van der Waals surface area contributed by atoms with Gasteiger partial charge in [0.2, 0.25) is 0 Å². The van der Waals surface area contributed by atoms with Crippen LogP contribution in [-0.2, 0) is 4.79 Å². The van der Waals surface area contributed by atoms with Crippen molar-refractivity contribution in [2.24, 2.45) is 0 Å². The molecule has 122 valence electrons. The molecule has 1 amide bonds. The molecular weight excluding hydrogens is 306 g/mol. The molecule has 2 aromatic rings. The van der Waals surface area contributed by atoms with Crippen LogP contribution in [0.1, 0.15) is 12.5 Å². The minimum absolute atomic E-state index is 0.0144. The summed E-state index contributed by atoms with van der Waals surface area (Å²) in [6.45, 7) is 2.35. The summed E-state index contributed by atoms with van der Waals surface area (Å²) >= 11 is 0. The number of nitrogens with zero attached hydrogens (tertiary/aromatic N) is 2. The van der Waals surface area contributed by atoms with E-state index in [1.807, 2.05) is 13.0 Å². The van der Waals surface area contributed by atoms with Gasteiger partial charge in [-0.1, -0.05) is 6.07 Å². The van der Waals surface area contributed by atoms with Gasteiger partial charge >= 0.3 is 0 Å². The van der Waals surface area contributed by atoms with Gasteiger partial charge in [0.15, 0.2) is 11.5 Å². The molecule has 0 aliphatic carbocycles. The van der Waals surface area contributed by atoms with Crippen LogP contribution in [0.2, 0.25) is 0 Å².